The molecule has 1 N–H and O–H groups in total. The molecule has 0 bridgehead atoms. The van der Waals surface area contributed by atoms with Gasteiger partial charge in [-0.25, -0.2) is 0 Å². The average molecular weight is 125 g/mol. The van der Waals surface area contributed by atoms with E-state index in [0.29, 0.717) is 11.0 Å². The molecule has 1 aliphatic carbocycles. The molecule has 1 nitrogen and oxygen atoms in total. The fourth-order valence-electron chi connectivity index (χ4n) is 2.08. The number of rotatable bonds is 0. The smallest absolute Gasteiger partial charge is 0.0244 e. The van der Waals surface area contributed by atoms with Crippen molar-refractivity contribution < 1.29 is 0 Å². The molecule has 1 spiro atoms. The minimum Gasteiger partial charge on any atom is -0.310 e. The van der Waals surface area contributed by atoms with Gasteiger partial charge in [0.15, 0.2) is 0 Å². The Balaban J connectivity index is 2.13. The van der Waals surface area contributed by atoms with E-state index in [1.165, 1.54) is 25.8 Å². The Kier molecular flexibility index (Phi) is 0.852. The van der Waals surface area contributed by atoms with Crippen molar-refractivity contribution in [2.45, 2.75) is 38.6 Å². The van der Waals surface area contributed by atoms with Crippen molar-refractivity contribution in [3.63, 3.8) is 0 Å². The standard InChI is InChI=1S/C8H15N/c1-7(2)6-9-8(7)4-3-5-8/h9H,3-6H2,1-2H3. The van der Waals surface area contributed by atoms with Gasteiger partial charge in [0.2, 0.25) is 0 Å². The normalized spacial score (nSPS) is 35.3. The maximum atomic E-state index is 3.55. The SMILES string of the molecule is CC1(C)CNC12CCC2. The molecule has 1 saturated heterocycles. The van der Waals surface area contributed by atoms with Crippen molar-refractivity contribution in [2.24, 2.45) is 5.41 Å². The highest BCUT2D eigenvalue weighted by Gasteiger charge is 2.55. The number of hydrogen-bond donors (Lipinski definition) is 1. The molecule has 9 heavy (non-hydrogen) atoms. The fourth-order valence-corrected chi connectivity index (χ4v) is 2.08. The summed E-state index contributed by atoms with van der Waals surface area (Å²) in [4.78, 5) is 0. The van der Waals surface area contributed by atoms with Gasteiger partial charge in [-0.1, -0.05) is 13.8 Å². The molecule has 1 saturated carbocycles. The van der Waals surface area contributed by atoms with Crippen LogP contribution in [-0.2, 0) is 0 Å². The summed E-state index contributed by atoms with van der Waals surface area (Å²) in [6.45, 7) is 5.98. The number of hydrogen-bond acceptors (Lipinski definition) is 1. The largest absolute Gasteiger partial charge is 0.310 e. The van der Waals surface area contributed by atoms with Gasteiger partial charge < -0.3 is 5.32 Å². The molecule has 1 heterocycles. The lowest BCUT2D eigenvalue weighted by Gasteiger charge is -2.62. The van der Waals surface area contributed by atoms with E-state index in [1.807, 2.05) is 0 Å². The molecule has 1 heteroatoms. The Morgan fingerprint density at radius 1 is 1.22 bits per heavy atom. The third-order valence-electron chi connectivity index (χ3n) is 3.37. The highest BCUT2D eigenvalue weighted by Crippen LogP contribution is 2.51. The van der Waals surface area contributed by atoms with Gasteiger partial charge >= 0.3 is 0 Å². The van der Waals surface area contributed by atoms with Crippen LogP contribution in [0.2, 0.25) is 0 Å². The summed E-state index contributed by atoms with van der Waals surface area (Å²) in [6, 6.07) is 0. The van der Waals surface area contributed by atoms with Crippen molar-refractivity contribution >= 4 is 0 Å². The zero-order chi connectivity index (χ0) is 6.54. The van der Waals surface area contributed by atoms with E-state index >= 15 is 0 Å². The van der Waals surface area contributed by atoms with E-state index in [2.05, 4.69) is 19.2 Å². The Hall–Kier alpha value is -0.0400. The van der Waals surface area contributed by atoms with E-state index < -0.39 is 0 Å². The second-order valence-corrected chi connectivity index (χ2v) is 4.17. The average Bonchev–Trinajstić information content (AvgIpc) is 1.59. The van der Waals surface area contributed by atoms with Gasteiger partial charge in [0.25, 0.3) is 0 Å². The second kappa shape index (κ2) is 1.34. The Morgan fingerprint density at radius 2 is 1.89 bits per heavy atom. The van der Waals surface area contributed by atoms with Gasteiger partial charge in [-0.3, -0.25) is 0 Å². The molecule has 0 amide bonds. The lowest BCUT2D eigenvalue weighted by molar-refractivity contribution is -0.0480. The lowest BCUT2D eigenvalue weighted by atomic mass is 9.55. The van der Waals surface area contributed by atoms with Crippen LogP contribution >= 0.6 is 0 Å². The van der Waals surface area contributed by atoms with Crippen molar-refractivity contribution in [1.82, 2.24) is 5.32 Å². The highest BCUT2D eigenvalue weighted by atomic mass is 15.1. The molecule has 0 radical (unpaired) electrons. The molecule has 2 fully saturated rings. The zero-order valence-electron chi connectivity index (χ0n) is 6.33. The monoisotopic (exact) mass is 125 g/mol. The van der Waals surface area contributed by atoms with Crippen LogP contribution in [0.5, 0.6) is 0 Å². The van der Waals surface area contributed by atoms with Crippen LogP contribution in [0.3, 0.4) is 0 Å². The van der Waals surface area contributed by atoms with Gasteiger partial charge in [0, 0.05) is 12.1 Å². The maximum absolute atomic E-state index is 3.55. The first-order chi connectivity index (χ1) is 4.16. The minimum atomic E-state index is 0.590. The summed E-state index contributed by atoms with van der Waals surface area (Å²) in [7, 11) is 0. The first-order valence-electron chi connectivity index (χ1n) is 3.91. The molecule has 0 aromatic carbocycles. The molecule has 0 unspecified atom stereocenters. The highest BCUT2D eigenvalue weighted by molar-refractivity contribution is 5.14. The van der Waals surface area contributed by atoms with Crippen molar-refractivity contribution in [2.75, 3.05) is 6.54 Å². The van der Waals surface area contributed by atoms with Crippen LogP contribution in [0.25, 0.3) is 0 Å². The van der Waals surface area contributed by atoms with Crippen LogP contribution in [0, 0.1) is 5.41 Å². The molecule has 0 aromatic rings. The molecular formula is C8H15N. The Morgan fingerprint density at radius 3 is 1.89 bits per heavy atom. The van der Waals surface area contributed by atoms with Crippen LogP contribution in [0.15, 0.2) is 0 Å². The van der Waals surface area contributed by atoms with Crippen LogP contribution in [-0.4, -0.2) is 12.1 Å². The Labute approximate surface area is 56.8 Å². The third-order valence-corrected chi connectivity index (χ3v) is 3.37. The van der Waals surface area contributed by atoms with Crippen LogP contribution in [0.1, 0.15) is 33.1 Å². The van der Waals surface area contributed by atoms with E-state index in [4.69, 9.17) is 0 Å². The van der Waals surface area contributed by atoms with Crippen molar-refractivity contribution in [3.8, 4) is 0 Å². The predicted molar refractivity (Wildman–Crippen MR) is 38.4 cm³/mol. The topological polar surface area (TPSA) is 12.0 Å². The van der Waals surface area contributed by atoms with Crippen LogP contribution < -0.4 is 5.32 Å². The molecule has 52 valence electrons. The summed E-state index contributed by atoms with van der Waals surface area (Å²) >= 11 is 0. The summed E-state index contributed by atoms with van der Waals surface area (Å²) < 4.78 is 0. The predicted octanol–water partition coefficient (Wildman–Crippen LogP) is 1.54. The quantitative estimate of drug-likeness (QED) is 0.518. The lowest BCUT2D eigenvalue weighted by Crippen LogP contribution is -2.73. The molecule has 1 aliphatic heterocycles. The molecular weight excluding hydrogens is 110 g/mol. The van der Waals surface area contributed by atoms with Gasteiger partial charge in [-0.2, -0.15) is 0 Å². The van der Waals surface area contributed by atoms with Crippen molar-refractivity contribution in [1.29, 1.82) is 0 Å². The van der Waals surface area contributed by atoms with Crippen LogP contribution in [0.4, 0.5) is 0 Å². The maximum Gasteiger partial charge on any atom is 0.0244 e. The van der Waals surface area contributed by atoms with E-state index in [0.717, 1.165) is 0 Å². The number of nitrogens with one attached hydrogen (secondary N) is 1. The van der Waals surface area contributed by atoms with Gasteiger partial charge in [0.05, 0.1) is 0 Å². The van der Waals surface area contributed by atoms with E-state index in [1.54, 1.807) is 0 Å². The van der Waals surface area contributed by atoms with Crippen molar-refractivity contribution in [3.05, 3.63) is 0 Å². The van der Waals surface area contributed by atoms with Gasteiger partial charge in [-0.05, 0) is 24.7 Å². The van der Waals surface area contributed by atoms with Gasteiger partial charge in [-0.15, -0.1) is 0 Å². The van der Waals surface area contributed by atoms with E-state index in [9.17, 15) is 0 Å². The zero-order valence-corrected chi connectivity index (χ0v) is 6.33. The first-order valence-corrected chi connectivity index (χ1v) is 3.91. The van der Waals surface area contributed by atoms with E-state index in [-0.39, 0.29) is 0 Å². The molecule has 2 aliphatic rings. The summed E-state index contributed by atoms with van der Waals surface area (Å²) in [6.07, 6.45) is 4.27. The van der Waals surface area contributed by atoms with Gasteiger partial charge in [0.1, 0.15) is 0 Å². The summed E-state index contributed by atoms with van der Waals surface area (Å²) in [5.41, 5.74) is 1.19. The Bertz CT molecular complexity index is 128. The third kappa shape index (κ3) is 0.493. The fraction of sp³-hybridized carbons (Fsp3) is 1.00. The minimum absolute atomic E-state index is 0.590. The molecule has 0 atom stereocenters. The summed E-state index contributed by atoms with van der Waals surface area (Å²) in [5, 5.41) is 3.55. The molecule has 2 rings (SSSR count). The summed E-state index contributed by atoms with van der Waals surface area (Å²) in [5.74, 6) is 0. The first kappa shape index (κ1) is 5.72. The molecule has 0 aromatic heterocycles. The second-order valence-electron chi connectivity index (χ2n) is 4.17.